The first-order valence-corrected chi connectivity index (χ1v) is 27.4. The first kappa shape index (κ1) is 56.9. The highest BCUT2D eigenvalue weighted by molar-refractivity contribution is 5.92. The van der Waals surface area contributed by atoms with Gasteiger partial charge in [0.05, 0.1) is 62.9 Å². The molecule has 0 bridgehead atoms. The van der Waals surface area contributed by atoms with Crippen molar-refractivity contribution in [1.82, 2.24) is 28.9 Å². The van der Waals surface area contributed by atoms with Crippen molar-refractivity contribution >= 4 is 57.8 Å². The second-order valence-corrected chi connectivity index (χ2v) is 21.1. The number of unbranched alkanes of at least 4 members (excludes halogenated alkanes) is 1. The smallest absolute Gasteiger partial charge is 0.458 e. The summed E-state index contributed by atoms with van der Waals surface area (Å²) in [7, 11) is 3.04. The molecule has 0 saturated carbocycles. The molecule has 3 aromatic carbocycles. The SMILES string of the molecule is C#CCCOC(=O)N(C)CCN(C)C(=O)Oc1ccc2nc3c(c(CCCCC4(O)C(=O)OCc5c4cc4n(c5=O)Cc5c-4nc4ccc(OC(=O)Oc6ccc([N+](=O)[O-])cc6)cc4c5CC)c2c1)Cn1c-3cc2c(c1=O)COC(=O)C2(O)CC. The number of carbonyl (C=O) groups excluding carboxylic acids is 5. The number of nitro benzene ring substituents is 1. The van der Waals surface area contributed by atoms with E-state index in [1.165, 1.54) is 63.4 Å². The van der Waals surface area contributed by atoms with E-state index < -0.39 is 57.5 Å². The van der Waals surface area contributed by atoms with E-state index >= 15 is 0 Å². The number of pyridine rings is 4. The summed E-state index contributed by atoms with van der Waals surface area (Å²) in [6.45, 7) is 3.24. The summed E-state index contributed by atoms with van der Waals surface area (Å²) in [5, 5.41) is 36.4. The molecule has 85 heavy (non-hydrogen) atoms. The van der Waals surface area contributed by atoms with Crippen LogP contribution in [0.3, 0.4) is 0 Å². The normalized spacial score (nSPS) is 16.8. The van der Waals surface area contributed by atoms with Gasteiger partial charge in [0, 0.05) is 78.8 Å². The van der Waals surface area contributed by atoms with E-state index in [9.17, 15) is 53.9 Å². The highest BCUT2D eigenvalue weighted by atomic mass is 16.7. The fourth-order valence-corrected chi connectivity index (χ4v) is 11.5. The number of hydrogen-bond donors (Lipinski definition) is 2. The number of aromatic nitrogens is 4. The van der Waals surface area contributed by atoms with E-state index in [-0.39, 0.29) is 123 Å². The predicted octanol–water partition coefficient (Wildman–Crippen LogP) is 7.05. The number of non-ortho nitro benzene ring substituents is 1. The van der Waals surface area contributed by atoms with Crippen LogP contribution < -0.4 is 25.3 Å². The molecule has 2 atom stereocenters. The zero-order chi connectivity index (χ0) is 60.2. The summed E-state index contributed by atoms with van der Waals surface area (Å²) in [6, 6.07) is 17.8. The molecule has 11 rings (SSSR count). The number of nitro groups is 1. The zero-order valence-corrected chi connectivity index (χ0v) is 46.6. The Kier molecular flexibility index (Phi) is 14.9. The van der Waals surface area contributed by atoms with Crippen molar-refractivity contribution in [3.8, 4) is 52.4 Å². The van der Waals surface area contributed by atoms with E-state index in [2.05, 4.69) is 5.92 Å². The highest BCUT2D eigenvalue weighted by Crippen LogP contribution is 2.44. The van der Waals surface area contributed by atoms with E-state index in [0.717, 1.165) is 5.56 Å². The Bertz CT molecular complexity index is 4190. The highest BCUT2D eigenvalue weighted by Gasteiger charge is 2.48. The Balaban J connectivity index is 0.871. The number of cyclic esters (lactones) is 2. The molecule has 436 valence electrons. The average Bonchev–Trinajstić information content (AvgIpc) is 2.01. The van der Waals surface area contributed by atoms with Gasteiger partial charge in [-0.15, -0.1) is 12.3 Å². The Labute approximate surface area is 483 Å². The number of terminal acetylenes is 1. The lowest BCUT2D eigenvalue weighted by atomic mass is 9.83. The summed E-state index contributed by atoms with van der Waals surface area (Å²) in [4.78, 5) is 117. The van der Waals surface area contributed by atoms with Crippen LogP contribution in [-0.2, 0) is 74.1 Å². The quantitative estimate of drug-likeness (QED) is 0.0186. The largest absolute Gasteiger partial charge is 0.519 e. The number of rotatable bonds is 16. The molecule has 2 N–H and O–H groups in total. The van der Waals surface area contributed by atoms with Gasteiger partial charge in [-0.1, -0.05) is 13.8 Å². The molecule has 24 heteroatoms. The van der Waals surface area contributed by atoms with Crippen molar-refractivity contribution in [2.45, 2.75) is 96.3 Å². The molecule has 4 aliphatic rings. The van der Waals surface area contributed by atoms with Crippen LogP contribution in [-0.4, -0.2) is 108 Å². The van der Waals surface area contributed by atoms with Crippen molar-refractivity contribution in [3.63, 3.8) is 0 Å². The lowest BCUT2D eigenvalue weighted by Gasteiger charge is -2.32. The molecule has 0 radical (unpaired) electrons. The Morgan fingerprint density at radius 2 is 1.22 bits per heavy atom. The summed E-state index contributed by atoms with van der Waals surface area (Å²) in [5.74, 6) is 0.917. The van der Waals surface area contributed by atoms with Gasteiger partial charge in [-0.3, -0.25) is 19.7 Å². The Morgan fingerprint density at radius 3 is 1.79 bits per heavy atom. The number of nitrogens with zero attached hydrogens (tertiary/aromatic N) is 7. The predicted molar refractivity (Wildman–Crippen MR) is 302 cm³/mol. The maximum absolute atomic E-state index is 14.5. The van der Waals surface area contributed by atoms with Crippen molar-refractivity contribution in [1.29, 1.82) is 0 Å². The molecule has 4 aliphatic heterocycles. The minimum absolute atomic E-state index is 0.0347. The van der Waals surface area contributed by atoms with E-state index in [0.29, 0.717) is 74.1 Å². The van der Waals surface area contributed by atoms with Gasteiger partial charge in [-0.25, -0.2) is 33.9 Å². The molecule has 7 aromatic rings. The van der Waals surface area contributed by atoms with Crippen LogP contribution in [0.15, 0.2) is 82.4 Å². The van der Waals surface area contributed by atoms with Gasteiger partial charge >= 0.3 is 30.3 Å². The molecular weight excluding hydrogens is 1100 g/mol. The molecular formula is C61H55N7O17. The summed E-state index contributed by atoms with van der Waals surface area (Å²) in [6.07, 6.45) is 4.13. The van der Waals surface area contributed by atoms with E-state index in [1.807, 2.05) is 6.92 Å². The number of ether oxygens (including phenoxy) is 6. The molecule has 0 fully saturated rings. The van der Waals surface area contributed by atoms with Crippen LogP contribution in [0.1, 0.15) is 90.5 Å². The number of aryl methyl sites for hydroxylation is 2. The van der Waals surface area contributed by atoms with Gasteiger partial charge < -0.3 is 57.6 Å². The van der Waals surface area contributed by atoms with Crippen LogP contribution in [0.4, 0.5) is 20.1 Å². The van der Waals surface area contributed by atoms with Crippen molar-refractivity contribution in [2.24, 2.45) is 0 Å². The van der Waals surface area contributed by atoms with Crippen LogP contribution in [0.5, 0.6) is 17.2 Å². The fourth-order valence-electron chi connectivity index (χ4n) is 11.5. The third kappa shape index (κ3) is 10.1. The summed E-state index contributed by atoms with van der Waals surface area (Å²) >= 11 is 0. The first-order valence-electron chi connectivity index (χ1n) is 27.4. The zero-order valence-electron chi connectivity index (χ0n) is 46.6. The van der Waals surface area contributed by atoms with Gasteiger partial charge in [0.2, 0.25) is 0 Å². The number of aliphatic hydroxyl groups is 2. The molecule has 0 spiro atoms. The van der Waals surface area contributed by atoms with Crippen LogP contribution in [0, 0.1) is 22.5 Å². The second kappa shape index (κ2) is 22.3. The van der Waals surface area contributed by atoms with E-state index in [4.69, 9.17) is 44.8 Å². The monoisotopic (exact) mass is 1160 g/mol. The molecule has 0 aliphatic carbocycles. The summed E-state index contributed by atoms with van der Waals surface area (Å²) < 4.78 is 35.6. The van der Waals surface area contributed by atoms with Crippen LogP contribution >= 0.6 is 0 Å². The van der Waals surface area contributed by atoms with Gasteiger partial charge in [0.25, 0.3) is 16.8 Å². The van der Waals surface area contributed by atoms with Gasteiger partial charge in [0.15, 0.2) is 11.2 Å². The minimum atomic E-state index is -2.27. The molecule has 8 heterocycles. The van der Waals surface area contributed by atoms with Gasteiger partial charge in [-0.2, -0.15) is 0 Å². The van der Waals surface area contributed by atoms with Crippen molar-refractivity contribution < 1.29 is 67.5 Å². The lowest BCUT2D eigenvalue weighted by Crippen LogP contribution is -2.44. The molecule has 24 nitrogen and oxygen atoms in total. The average molecular weight is 1160 g/mol. The number of likely N-dealkylation sites (N-methyl/N-ethyl adjacent to an activating group) is 2. The van der Waals surface area contributed by atoms with E-state index in [1.54, 1.807) is 49.4 Å². The van der Waals surface area contributed by atoms with Gasteiger partial charge in [0.1, 0.15) is 37.1 Å². The molecule has 2 unspecified atom stereocenters. The lowest BCUT2D eigenvalue weighted by molar-refractivity contribution is -0.384. The number of amides is 2. The third-order valence-corrected chi connectivity index (χ3v) is 16.1. The van der Waals surface area contributed by atoms with Gasteiger partial charge in [-0.05, 0) is 110 Å². The number of carbonyl (C=O) groups is 5. The molecule has 4 aromatic heterocycles. The number of benzene rings is 3. The summed E-state index contributed by atoms with van der Waals surface area (Å²) in [5.41, 5.74) is 0.464. The maximum Gasteiger partial charge on any atom is 0.519 e. The fraction of sp³-hybridized carbons (Fsp3) is 0.328. The number of fused-ring (bicyclic) bond motifs is 10. The Morgan fingerprint density at radius 1 is 0.706 bits per heavy atom. The second-order valence-electron chi connectivity index (χ2n) is 21.1. The first-order chi connectivity index (χ1) is 40.8. The topological polar surface area (TPSA) is 301 Å². The van der Waals surface area contributed by atoms with Crippen molar-refractivity contribution in [2.75, 3.05) is 33.8 Å². The Hall–Kier alpha value is -9.99. The minimum Gasteiger partial charge on any atom is -0.458 e. The van der Waals surface area contributed by atoms with Crippen LogP contribution in [0.2, 0.25) is 0 Å². The number of esters is 2. The van der Waals surface area contributed by atoms with Crippen molar-refractivity contribution in [3.05, 3.63) is 148 Å². The molecule has 0 saturated heterocycles. The molecule has 2 amide bonds. The number of hydrogen-bond acceptors (Lipinski definition) is 19. The standard InChI is InChI=1S/C61H55N7O17/c1-6-9-24-80-57(73)64(4)22-23-65(5)58(74)83-35-17-19-48-40(25-35)38(42-30-67-49(52(42)63-48)27-45-43(53(67)69)31-81-55(71)60(45,76)8-3)12-10-11-21-61(77)46-28-50-51-41(29-66(50)54(70)44(46)32-82-56(61)72)37(7-2)39-26-36(18-20-47(39)62-51)85-59(75)84-34-15-13-33(14-16-34)68(78)79/h1,13-20,25-28,76-77H,7-12,21-24,29-32H2,2-5H3. The van der Waals surface area contributed by atoms with Crippen LogP contribution in [0.25, 0.3) is 44.6 Å². The third-order valence-electron chi connectivity index (χ3n) is 16.1. The maximum atomic E-state index is 14.5.